The zero-order valence-electron chi connectivity index (χ0n) is 15.7. The monoisotopic (exact) mass is 365 g/mol. The Morgan fingerprint density at radius 3 is 2.42 bits per heavy atom. The molecule has 1 saturated heterocycles. The van der Waals surface area contributed by atoms with Crippen LogP contribution in [-0.2, 0) is 13.8 Å². The largest absolute Gasteiger partial charge is 0.389 e. The molecule has 0 saturated carbocycles. The first-order valence-corrected chi connectivity index (χ1v) is 11.5. The van der Waals surface area contributed by atoms with Gasteiger partial charge in [-0.05, 0) is 26.8 Å². The smallest absolute Gasteiger partial charge is 0.225 e. The SMILES string of the molecule is CCCCCCCN1C[C@H](OCP(C)(=O)OCC)[C@@H](O)[C@@H](O)[C@H]1C. The number of rotatable bonds is 11. The van der Waals surface area contributed by atoms with Crippen LogP contribution in [0.5, 0.6) is 0 Å². The van der Waals surface area contributed by atoms with Crippen LogP contribution in [-0.4, -0.2) is 72.2 Å². The van der Waals surface area contributed by atoms with E-state index in [1.54, 1.807) is 6.92 Å². The van der Waals surface area contributed by atoms with Crippen LogP contribution >= 0.6 is 7.37 Å². The minimum absolute atomic E-state index is 0.0337. The van der Waals surface area contributed by atoms with Crippen LogP contribution in [0.15, 0.2) is 0 Å². The van der Waals surface area contributed by atoms with Crippen LogP contribution in [0.25, 0.3) is 0 Å². The fraction of sp³-hybridized carbons (Fsp3) is 1.00. The van der Waals surface area contributed by atoms with Gasteiger partial charge in [0.25, 0.3) is 0 Å². The molecule has 0 aliphatic carbocycles. The molecule has 0 aromatic heterocycles. The summed E-state index contributed by atoms with van der Waals surface area (Å²) in [6.07, 6.45) is 3.57. The Morgan fingerprint density at radius 1 is 1.12 bits per heavy atom. The van der Waals surface area contributed by atoms with Gasteiger partial charge in [0.15, 0.2) is 0 Å². The lowest BCUT2D eigenvalue weighted by atomic mass is 9.94. The van der Waals surface area contributed by atoms with E-state index in [0.29, 0.717) is 13.2 Å². The van der Waals surface area contributed by atoms with Gasteiger partial charge in [0, 0.05) is 19.3 Å². The summed E-state index contributed by atoms with van der Waals surface area (Å²) in [5.41, 5.74) is 0. The number of nitrogens with zero attached hydrogens (tertiary/aromatic N) is 1. The van der Waals surface area contributed by atoms with Gasteiger partial charge in [-0.15, -0.1) is 0 Å². The van der Waals surface area contributed by atoms with E-state index in [0.717, 1.165) is 13.0 Å². The average Bonchev–Trinajstić information content (AvgIpc) is 2.53. The highest BCUT2D eigenvalue weighted by Gasteiger charge is 2.40. The highest BCUT2D eigenvalue weighted by atomic mass is 31.2. The molecule has 6 nitrogen and oxygen atoms in total. The second kappa shape index (κ2) is 10.9. The van der Waals surface area contributed by atoms with Gasteiger partial charge in [-0.2, -0.15) is 0 Å². The standard InChI is InChI=1S/C17H36NO5P/c1-5-7-8-9-10-11-18-12-15(17(20)16(19)14(18)3)22-13-24(4,21)23-6-2/h14-17,19-20H,5-13H2,1-4H3/t14-,15+,16+,17-,24?/m1/s1. The topological polar surface area (TPSA) is 79.2 Å². The van der Waals surface area contributed by atoms with Crippen molar-refractivity contribution in [3.05, 3.63) is 0 Å². The van der Waals surface area contributed by atoms with Crippen molar-refractivity contribution in [1.82, 2.24) is 4.90 Å². The molecule has 1 fully saturated rings. The van der Waals surface area contributed by atoms with E-state index in [-0.39, 0.29) is 12.4 Å². The molecular weight excluding hydrogens is 329 g/mol. The number of aliphatic hydroxyl groups excluding tert-OH is 2. The van der Waals surface area contributed by atoms with Crippen LogP contribution in [0.3, 0.4) is 0 Å². The van der Waals surface area contributed by atoms with Crippen molar-refractivity contribution in [1.29, 1.82) is 0 Å². The predicted octanol–water partition coefficient (Wildman–Crippen LogP) is 2.67. The molecule has 7 heteroatoms. The summed E-state index contributed by atoms with van der Waals surface area (Å²) in [7, 11) is -2.81. The van der Waals surface area contributed by atoms with Crippen LogP contribution in [0.4, 0.5) is 0 Å². The van der Waals surface area contributed by atoms with Crippen LogP contribution in [0.1, 0.15) is 52.9 Å². The van der Waals surface area contributed by atoms with Crippen molar-refractivity contribution >= 4 is 7.37 Å². The van der Waals surface area contributed by atoms with Crippen LogP contribution < -0.4 is 0 Å². The Kier molecular flexibility index (Phi) is 10.0. The maximum absolute atomic E-state index is 12.2. The summed E-state index contributed by atoms with van der Waals surface area (Å²) in [4.78, 5) is 2.16. The third kappa shape index (κ3) is 7.11. The molecule has 0 amide bonds. The summed E-state index contributed by atoms with van der Waals surface area (Å²) in [5.74, 6) is 0. The normalized spacial score (nSPS) is 31.1. The minimum Gasteiger partial charge on any atom is -0.389 e. The number of aliphatic hydroxyl groups is 2. The molecule has 144 valence electrons. The Bertz CT molecular complexity index is 395. The van der Waals surface area contributed by atoms with Crippen molar-refractivity contribution in [3.8, 4) is 0 Å². The van der Waals surface area contributed by atoms with E-state index in [9.17, 15) is 14.8 Å². The summed E-state index contributed by atoms with van der Waals surface area (Å²) in [5, 5.41) is 20.6. The maximum Gasteiger partial charge on any atom is 0.225 e. The molecule has 0 aromatic rings. The van der Waals surface area contributed by atoms with Crippen molar-refractivity contribution in [2.45, 2.75) is 77.2 Å². The van der Waals surface area contributed by atoms with Crippen molar-refractivity contribution in [3.63, 3.8) is 0 Å². The van der Waals surface area contributed by atoms with Crippen molar-refractivity contribution < 1.29 is 24.0 Å². The third-order valence-corrected chi connectivity index (χ3v) is 6.11. The van der Waals surface area contributed by atoms with Gasteiger partial charge in [0.05, 0.1) is 18.8 Å². The van der Waals surface area contributed by atoms with E-state index in [1.165, 1.54) is 32.3 Å². The van der Waals surface area contributed by atoms with Crippen LogP contribution in [0.2, 0.25) is 0 Å². The lowest BCUT2D eigenvalue weighted by Gasteiger charge is -2.44. The van der Waals surface area contributed by atoms with Gasteiger partial charge in [-0.25, -0.2) is 0 Å². The molecule has 1 heterocycles. The lowest BCUT2D eigenvalue weighted by Crippen LogP contribution is -2.61. The number of piperidine rings is 1. The molecule has 2 N–H and O–H groups in total. The fourth-order valence-corrected chi connectivity index (χ4v) is 4.22. The van der Waals surface area contributed by atoms with Crippen molar-refractivity contribution in [2.24, 2.45) is 0 Å². The van der Waals surface area contributed by atoms with E-state index >= 15 is 0 Å². The highest BCUT2D eigenvalue weighted by Crippen LogP contribution is 2.42. The number of hydrogen-bond donors (Lipinski definition) is 2. The van der Waals surface area contributed by atoms with E-state index in [1.807, 2.05) is 6.92 Å². The first-order chi connectivity index (χ1) is 11.3. The molecule has 0 radical (unpaired) electrons. The molecule has 0 bridgehead atoms. The number of unbranched alkanes of at least 4 members (excludes halogenated alkanes) is 4. The summed E-state index contributed by atoms with van der Waals surface area (Å²) < 4.78 is 23.0. The minimum atomic E-state index is -2.81. The van der Waals surface area contributed by atoms with Gasteiger partial charge >= 0.3 is 0 Å². The highest BCUT2D eigenvalue weighted by molar-refractivity contribution is 7.57. The zero-order valence-corrected chi connectivity index (χ0v) is 16.6. The number of likely N-dealkylation sites (tertiary alicyclic amines) is 1. The van der Waals surface area contributed by atoms with Gasteiger partial charge in [0.1, 0.15) is 12.5 Å². The molecule has 1 rings (SSSR count). The van der Waals surface area contributed by atoms with Gasteiger partial charge in [-0.3, -0.25) is 9.46 Å². The Balaban J connectivity index is 2.51. The summed E-state index contributed by atoms with van der Waals surface area (Å²) >= 11 is 0. The average molecular weight is 365 g/mol. The lowest BCUT2D eigenvalue weighted by molar-refractivity contribution is -0.147. The maximum atomic E-state index is 12.2. The van der Waals surface area contributed by atoms with E-state index < -0.39 is 25.7 Å². The van der Waals surface area contributed by atoms with E-state index in [4.69, 9.17) is 9.26 Å². The fourth-order valence-electron chi connectivity index (χ4n) is 3.13. The van der Waals surface area contributed by atoms with E-state index in [2.05, 4.69) is 11.8 Å². The van der Waals surface area contributed by atoms with Crippen molar-refractivity contribution in [2.75, 3.05) is 32.7 Å². The molecule has 1 aliphatic rings. The van der Waals surface area contributed by atoms with Gasteiger partial charge in [-0.1, -0.05) is 32.6 Å². The summed E-state index contributed by atoms with van der Waals surface area (Å²) in [6, 6.07) is -0.105. The van der Waals surface area contributed by atoms with Gasteiger partial charge < -0.3 is 19.5 Å². The summed E-state index contributed by atoms with van der Waals surface area (Å²) in [6.45, 7) is 9.24. The second-order valence-electron chi connectivity index (χ2n) is 6.90. The predicted molar refractivity (Wildman–Crippen MR) is 96.7 cm³/mol. The Morgan fingerprint density at radius 2 is 1.79 bits per heavy atom. The third-order valence-electron chi connectivity index (χ3n) is 4.69. The molecule has 1 aliphatic heterocycles. The second-order valence-corrected chi connectivity index (χ2v) is 9.44. The molecule has 1 unspecified atom stereocenters. The molecule has 24 heavy (non-hydrogen) atoms. The quantitative estimate of drug-likeness (QED) is 0.433. The van der Waals surface area contributed by atoms with Gasteiger partial charge in [0.2, 0.25) is 7.37 Å². The zero-order chi connectivity index (χ0) is 18.2. The Hall–Kier alpha value is 0.0300. The first-order valence-electron chi connectivity index (χ1n) is 9.25. The number of ether oxygens (including phenoxy) is 1. The first kappa shape index (κ1) is 22.1. The molecule has 0 aromatic carbocycles. The molecule has 0 spiro atoms. The Labute approximate surface area is 147 Å². The van der Waals surface area contributed by atoms with Crippen LogP contribution in [0, 0.1) is 0 Å². The molecular formula is C17H36NO5P. The molecule has 5 atom stereocenters. The number of hydrogen-bond acceptors (Lipinski definition) is 6.